The minimum absolute atomic E-state index is 0.165. The van der Waals surface area contributed by atoms with Crippen LogP contribution in [0.5, 0.6) is 0 Å². The van der Waals surface area contributed by atoms with Crippen molar-refractivity contribution in [3.63, 3.8) is 0 Å². The van der Waals surface area contributed by atoms with Gasteiger partial charge < -0.3 is 0 Å². The van der Waals surface area contributed by atoms with Gasteiger partial charge in [0.15, 0.2) is 5.78 Å². The summed E-state index contributed by atoms with van der Waals surface area (Å²) in [5.74, 6) is 0.165. The molecule has 0 unspecified atom stereocenters. The number of thiophene rings is 1. The first-order valence-corrected chi connectivity index (χ1v) is 7.55. The third-order valence-corrected chi connectivity index (χ3v) is 4.92. The highest BCUT2D eigenvalue weighted by atomic mass is 79.9. The average molecular weight is 374 g/mol. The highest BCUT2D eigenvalue weighted by molar-refractivity contribution is 9.10. The SMILES string of the molecule is Cc1cc(Br)ccc1C(=O)Cc1sccc1Br. The maximum atomic E-state index is 12.2. The van der Waals surface area contributed by atoms with Crippen molar-refractivity contribution in [3.05, 3.63) is 54.6 Å². The number of hydrogen-bond donors (Lipinski definition) is 0. The Morgan fingerprint density at radius 3 is 2.65 bits per heavy atom. The van der Waals surface area contributed by atoms with Crippen LogP contribution in [0.15, 0.2) is 38.6 Å². The molecule has 2 rings (SSSR count). The molecule has 1 heterocycles. The van der Waals surface area contributed by atoms with Crippen LogP contribution in [0.4, 0.5) is 0 Å². The van der Waals surface area contributed by atoms with Crippen LogP contribution in [-0.4, -0.2) is 5.78 Å². The minimum atomic E-state index is 0.165. The lowest BCUT2D eigenvalue weighted by Gasteiger charge is -2.05. The van der Waals surface area contributed by atoms with Crippen LogP contribution in [0, 0.1) is 6.92 Å². The number of Topliss-reactive ketones (excluding diaryl/α,β-unsaturated/α-hetero) is 1. The standard InChI is InChI=1S/C13H10Br2OS/c1-8-6-9(14)2-3-10(8)12(16)7-13-11(15)4-5-17-13/h2-6H,7H2,1H3. The summed E-state index contributed by atoms with van der Waals surface area (Å²) in [6, 6.07) is 7.73. The zero-order chi connectivity index (χ0) is 12.4. The smallest absolute Gasteiger partial charge is 0.168 e. The molecule has 17 heavy (non-hydrogen) atoms. The summed E-state index contributed by atoms with van der Waals surface area (Å²) >= 11 is 8.45. The average Bonchev–Trinajstić information content (AvgIpc) is 2.64. The molecule has 0 radical (unpaired) electrons. The Kier molecular flexibility index (Phi) is 4.17. The molecule has 0 amide bonds. The summed E-state index contributed by atoms with van der Waals surface area (Å²) < 4.78 is 2.02. The minimum Gasteiger partial charge on any atom is -0.294 e. The van der Waals surface area contributed by atoms with E-state index in [0.29, 0.717) is 6.42 Å². The van der Waals surface area contributed by atoms with Crippen molar-refractivity contribution in [2.75, 3.05) is 0 Å². The quantitative estimate of drug-likeness (QED) is 0.691. The molecular formula is C13H10Br2OS. The number of benzene rings is 1. The first-order valence-electron chi connectivity index (χ1n) is 5.09. The Morgan fingerprint density at radius 2 is 2.06 bits per heavy atom. The van der Waals surface area contributed by atoms with Crippen LogP contribution < -0.4 is 0 Å². The predicted molar refractivity (Wildman–Crippen MR) is 78.9 cm³/mol. The molecule has 2 aromatic rings. The van der Waals surface area contributed by atoms with Gasteiger partial charge in [-0.15, -0.1) is 11.3 Å². The van der Waals surface area contributed by atoms with E-state index in [1.54, 1.807) is 11.3 Å². The van der Waals surface area contributed by atoms with Gasteiger partial charge in [0.05, 0.1) is 0 Å². The lowest BCUT2D eigenvalue weighted by molar-refractivity contribution is 0.0993. The van der Waals surface area contributed by atoms with Gasteiger partial charge in [-0.25, -0.2) is 0 Å². The fourth-order valence-electron chi connectivity index (χ4n) is 1.63. The summed E-state index contributed by atoms with van der Waals surface area (Å²) in [5.41, 5.74) is 1.81. The molecule has 4 heteroatoms. The van der Waals surface area contributed by atoms with Crippen molar-refractivity contribution in [2.45, 2.75) is 13.3 Å². The van der Waals surface area contributed by atoms with E-state index in [2.05, 4.69) is 31.9 Å². The molecule has 1 aromatic heterocycles. The Hall–Kier alpha value is -0.450. The zero-order valence-electron chi connectivity index (χ0n) is 9.17. The monoisotopic (exact) mass is 372 g/mol. The second-order valence-corrected chi connectivity index (χ2v) is 6.52. The van der Waals surface area contributed by atoms with Gasteiger partial charge in [0.2, 0.25) is 0 Å². The second kappa shape index (κ2) is 5.46. The zero-order valence-corrected chi connectivity index (χ0v) is 13.2. The fraction of sp³-hybridized carbons (Fsp3) is 0.154. The lowest BCUT2D eigenvalue weighted by atomic mass is 10.0. The molecule has 0 atom stereocenters. The van der Waals surface area contributed by atoms with Gasteiger partial charge >= 0.3 is 0 Å². The van der Waals surface area contributed by atoms with E-state index < -0.39 is 0 Å². The van der Waals surface area contributed by atoms with Crippen molar-refractivity contribution >= 4 is 49.0 Å². The molecule has 0 fully saturated rings. The van der Waals surface area contributed by atoms with Crippen LogP contribution in [-0.2, 0) is 6.42 Å². The summed E-state index contributed by atoms with van der Waals surface area (Å²) in [6.45, 7) is 1.96. The fourth-order valence-corrected chi connectivity index (χ4v) is 3.60. The predicted octanol–water partition coefficient (Wildman–Crippen LogP) is 5.01. The first-order chi connectivity index (χ1) is 8.08. The van der Waals surface area contributed by atoms with Gasteiger partial charge in [-0.2, -0.15) is 0 Å². The molecule has 0 aliphatic carbocycles. The van der Waals surface area contributed by atoms with E-state index in [1.807, 2.05) is 36.6 Å². The number of halogens is 2. The van der Waals surface area contributed by atoms with E-state index in [1.165, 1.54) is 0 Å². The van der Waals surface area contributed by atoms with Crippen LogP contribution in [0.25, 0.3) is 0 Å². The van der Waals surface area contributed by atoms with Crippen LogP contribution >= 0.6 is 43.2 Å². The van der Waals surface area contributed by atoms with Crippen LogP contribution in [0.1, 0.15) is 20.8 Å². The van der Waals surface area contributed by atoms with E-state index >= 15 is 0 Å². The summed E-state index contributed by atoms with van der Waals surface area (Å²) in [7, 11) is 0. The van der Waals surface area contributed by atoms with Gasteiger partial charge in [-0.05, 0) is 52.0 Å². The number of aryl methyl sites for hydroxylation is 1. The number of rotatable bonds is 3. The van der Waals surface area contributed by atoms with Gasteiger partial charge in [0, 0.05) is 25.8 Å². The molecule has 1 nitrogen and oxygen atoms in total. The highest BCUT2D eigenvalue weighted by Gasteiger charge is 2.12. The Morgan fingerprint density at radius 1 is 1.29 bits per heavy atom. The van der Waals surface area contributed by atoms with Crippen LogP contribution in [0.3, 0.4) is 0 Å². The van der Waals surface area contributed by atoms with E-state index in [9.17, 15) is 4.79 Å². The highest BCUT2D eigenvalue weighted by Crippen LogP contribution is 2.25. The van der Waals surface area contributed by atoms with Gasteiger partial charge in [-0.3, -0.25) is 4.79 Å². The molecule has 88 valence electrons. The maximum absolute atomic E-state index is 12.2. The number of carbonyl (C=O) groups excluding carboxylic acids is 1. The number of hydrogen-bond acceptors (Lipinski definition) is 2. The molecular weight excluding hydrogens is 364 g/mol. The largest absolute Gasteiger partial charge is 0.294 e. The topological polar surface area (TPSA) is 17.1 Å². The molecule has 0 saturated heterocycles. The number of carbonyl (C=O) groups is 1. The molecule has 1 aromatic carbocycles. The summed E-state index contributed by atoms with van der Waals surface area (Å²) in [4.78, 5) is 13.2. The van der Waals surface area contributed by atoms with Gasteiger partial charge in [-0.1, -0.05) is 22.0 Å². The molecule has 0 saturated carbocycles. The van der Waals surface area contributed by atoms with Crippen molar-refractivity contribution in [1.82, 2.24) is 0 Å². The van der Waals surface area contributed by atoms with E-state index in [-0.39, 0.29) is 5.78 Å². The lowest BCUT2D eigenvalue weighted by Crippen LogP contribution is -2.04. The summed E-state index contributed by atoms with van der Waals surface area (Å²) in [5, 5.41) is 1.99. The van der Waals surface area contributed by atoms with Crippen molar-refractivity contribution < 1.29 is 4.79 Å². The van der Waals surface area contributed by atoms with Gasteiger partial charge in [0.1, 0.15) is 0 Å². The molecule has 0 aliphatic heterocycles. The third-order valence-electron chi connectivity index (χ3n) is 2.50. The van der Waals surface area contributed by atoms with Gasteiger partial charge in [0.25, 0.3) is 0 Å². The number of ketones is 1. The molecule has 0 bridgehead atoms. The van der Waals surface area contributed by atoms with E-state index in [0.717, 1.165) is 24.9 Å². The Bertz CT molecular complexity index is 560. The molecule has 0 spiro atoms. The Balaban J connectivity index is 2.23. The Labute approximate surface area is 121 Å². The summed E-state index contributed by atoms with van der Waals surface area (Å²) in [6.07, 6.45) is 0.459. The molecule has 0 N–H and O–H groups in total. The van der Waals surface area contributed by atoms with Crippen molar-refractivity contribution in [3.8, 4) is 0 Å². The van der Waals surface area contributed by atoms with Crippen molar-refractivity contribution in [1.29, 1.82) is 0 Å². The third kappa shape index (κ3) is 3.06. The normalized spacial score (nSPS) is 10.5. The first kappa shape index (κ1) is 13.0. The van der Waals surface area contributed by atoms with Crippen LogP contribution in [0.2, 0.25) is 0 Å². The maximum Gasteiger partial charge on any atom is 0.168 e. The van der Waals surface area contributed by atoms with E-state index in [4.69, 9.17) is 0 Å². The van der Waals surface area contributed by atoms with Crippen molar-refractivity contribution in [2.24, 2.45) is 0 Å². The molecule has 0 aliphatic rings. The second-order valence-electron chi connectivity index (χ2n) is 3.75.